The summed E-state index contributed by atoms with van der Waals surface area (Å²) in [5.74, 6) is 0. The highest BCUT2D eigenvalue weighted by atomic mass is 79.9. The van der Waals surface area contributed by atoms with Crippen molar-refractivity contribution in [2.24, 2.45) is 11.1 Å². The first-order valence-electron chi connectivity index (χ1n) is 6.04. The van der Waals surface area contributed by atoms with E-state index in [9.17, 15) is 0 Å². The molecule has 0 saturated carbocycles. The minimum atomic E-state index is 0.290. The summed E-state index contributed by atoms with van der Waals surface area (Å²) in [6, 6.07) is 6.67. The maximum Gasteiger partial charge on any atom is 0.0388 e. The van der Waals surface area contributed by atoms with Crippen molar-refractivity contribution in [2.45, 2.75) is 40.2 Å². The van der Waals surface area contributed by atoms with Gasteiger partial charge in [0.2, 0.25) is 0 Å². The lowest BCUT2D eigenvalue weighted by Crippen LogP contribution is -2.32. The molecule has 3 N–H and O–H groups in total. The van der Waals surface area contributed by atoms with E-state index in [1.54, 1.807) is 0 Å². The van der Waals surface area contributed by atoms with Crippen LogP contribution in [-0.2, 0) is 0 Å². The first kappa shape index (κ1) is 14.5. The molecule has 17 heavy (non-hydrogen) atoms. The third kappa shape index (κ3) is 5.55. The van der Waals surface area contributed by atoms with Crippen molar-refractivity contribution in [3.8, 4) is 0 Å². The first-order chi connectivity index (χ1) is 7.80. The highest BCUT2D eigenvalue weighted by Gasteiger charge is 2.17. The van der Waals surface area contributed by atoms with Crippen LogP contribution in [0, 0.1) is 12.3 Å². The topological polar surface area (TPSA) is 38.0 Å². The van der Waals surface area contributed by atoms with Gasteiger partial charge in [0.05, 0.1) is 0 Å². The molecule has 96 valence electrons. The summed E-state index contributed by atoms with van der Waals surface area (Å²) < 4.78 is 1.10. The molecule has 0 saturated heterocycles. The minimum absolute atomic E-state index is 0.290. The van der Waals surface area contributed by atoms with Gasteiger partial charge in [-0.1, -0.05) is 36.7 Å². The Bertz CT molecular complexity index is 349. The molecule has 1 unspecified atom stereocenters. The van der Waals surface area contributed by atoms with E-state index >= 15 is 0 Å². The summed E-state index contributed by atoms with van der Waals surface area (Å²) in [6.45, 7) is 9.47. The summed E-state index contributed by atoms with van der Waals surface area (Å²) in [6.07, 6.45) is 1.06. The molecule has 0 heterocycles. The van der Waals surface area contributed by atoms with Crippen molar-refractivity contribution in [1.82, 2.24) is 0 Å². The molecule has 1 aromatic rings. The van der Waals surface area contributed by atoms with E-state index < -0.39 is 0 Å². The van der Waals surface area contributed by atoms with E-state index in [4.69, 9.17) is 5.73 Å². The summed E-state index contributed by atoms with van der Waals surface area (Å²) in [7, 11) is 0. The smallest absolute Gasteiger partial charge is 0.0388 e. The van der Waals surface area contributed by atoms with E-state index in [2.05, 4.69) is 67.1 Å². The van der Waals surface area contributed by atoms with Crippen LogP contribution in [0.15, 0.2) is 22.7 Å². The Hall–Kier alpha value is -0.540. The van der Waals surface area contributed by atoms with Crippen LogP contribution in [0.2, 0.25) is 0 Å². The maximum absolute atomic E-state index is 5.83. The molecule has 0 radical (unpaired) electrons. The number of hydrogen-bond donors (Lipinski definition) is 2. The third-order valence-corrected chi connectivity index (χ3v) is 3.01. The lowest BCUT2D eigenvalue weighted by atomic mass is 9.88. The molecule has 0 bridgehead atoms. The zero-order valence-electron chi connectivity index (χ0n) is 11.2. The van der Waals surface area contributed by atoms with Crippen LogP contribution in [0.25, 0.3) is 0 Å². The van der Waals surface area contributed by atoms with E-state index in [1.165, 1.54) is 5.56 Å². The van der Waals surface area contributed by atoms with E-state index in [0.717, 1.165) is 16.6 Å². The molecule has 0 aromatic heterocycles. The molecule has 3 heteroatoms. The first-order valence-corrected chi connectivity index (χ1v) is 6.83. The number of rotatable bonds is 4. The fraction of sp³-hybridized carbons (Fsp3) is 0.571. The van der Waals surface area contributed by atoms with Crippen molar-refractivity contribution < 1.29 is 0 Å². The van der Waals surface area contributed by atoms with Gasteiger partial charge >= 0.3 is 0 Å². The Kier molecular flexibility index (Phi) is 5.02. The van der Waals surface area contributed by atoms with Crippen molar-refractivity contribution in [3.63, 3.8) is 0 Å². The van der Waals surface area contributed by atoms with Gasteiger partial charge in [0.1, 0.15) is 0 Å². The third-order valence-electron chi connectivity index (χ3n) is 2.56. The molecule has 0 spiro atoms. The average Bonchev–Trinajstić information content (AvgIpc) is 2.12. The highest BCUT2D eigenvalue weighted by Crippen LogP contribution is 2.24. The Morgan fingerprint density at radius 3 is 2.41 bits per heavy atom. The molecule has 0 fully saturated rings. The largest absolute Gasteiger partial charge is 0.381 e. The van der Waals surface area contributed by atoms with Gasteiger partial charge in [0.15, 0.2) is 0 Å². The second-order valence-electron chi connectivity index (χ2n) is 5.86. The molecule has 0 aliphatic rings. The lowest BCUT2D eigenvalue weighted by Gasteiger charge is -2.26. The number of hydrogen-bond acceptors (Lipinski definition) is 2. The summed E-state index contributed by atoms with van der Waals surface area (Å²) in [5.41, 5.74) is 8.50. The molecular formula is C14H23BrN2. The molecule has 1 aromatic carbocycles. The fourth-order valence-electron chi connectivity index (χ4n) is 1.99. The molecule has 1 atom stereocenters. The Morgan fingerprint density at radius 2 is 1.94 bits per heavy atom. The predicted octanol–water partition coefficient (Wildman–Crippen LogP) is 3.93. The zero-order valence-corrected chi connectivity index (χ0v) is 12.8. The Labute approximate surface area is 113 Å². The monoisotopic (exact) mass is 298 g/mol. The van der Waals surface area contributed by atoms with Crippen molar-refractivity contribution in [1.29, 1.82) is 0 Å². The standard InChI is InChI=1S/C14H23BrN2/c1-10-5-11(15)7-12(6-10)17-13(9-16)8-14(2,3)4/h5-7,13,17H,8-9,16H2,1-4H3. The van der Waals surface area contributed by atoms with Gasteiger partial charge in [-0.05, 0) is 42.5 Å². The average molecular weight is 299 g/mol. The second-order valence-corrected chi connectivity index (χ2v) is 6.77. The molecule has 1 rings (SSSR count). The molecule has 0 amide bonds. The van der Waals surface area contributed by atoms with Gasteiger partial charge in [0.25, 0.3) is 0 Å². The Balaban J connectivity index is 2.73. The number of nitrogens with one attached hydrogen (secondary N) is 1. The normalized spacial score (nSPS) is 13.5. The van der Waals surface area contributed by atoms with Crippen LogP contribution >= 0.6 is 15.9 Å². The van der Waals surface area contributed by atoms with Crippen LogP contribution in [0.3, 0.4) is 0 Å². The van der Waals surface area contributed by atoms with E-state index in [1.807, 2.05) is 0 Å². The van der Waals surface area contributed by atoms with Gasteiger partial charge < -0.3 is 11.1 Å². The van der Waals surface area contributed by atoms with Gasteiger partial charge in [-0.15, -0.1) is 0 Å². The maximum atomic E-state index is 5.83. The number of benzene rings is 1. The van der Waals surface area contributed by atoms with Gasteiger partial charge in [-0.25, -0.2) is 0 Å². The van der Waals surface area contributed by atoms with Gasteiger partial charge in [-0.3, -0.25) is 0 Å². The number of nitrogens with two attached hydrogens (primary N) is 1. The fourth-order valence-corrected chi connectivity index (χ4v) is 2.60. The number of halogens is 1. The summed E-state index contributed by atoms with van der Waals surface area (Å²) >= 11 is 3.51. The summed E-state index contributed by atoms with van der Waals surface area (Å²) in [4.78, 5) is 0. The van der Waals surface area contributed by atoms with E-state index in [-0.39, 0.29) is 5.41 Å². The van der Waals surface area contributed by atoms with Gasteiger partial charge in [0, 0.05) is 22.7 Å². The van der Waals surface area contributed by atoms with Crippen LogP contribution < -0.4 is 11.1 Å². The van der Waals surface area contributed by atoms with Crippen LogP contribution in [0.4, 0.5) is 5.69 Å². The number of anilines is 1. The summed E-state index contributed by atoms with van der Waals surface area (Å²) in [5, 5.41) is 3.51. The molecule has 0 aliphatic carbocycles. The SMILES string of the molecule is Cc1cc(Br)cc(NC(CN)CC(C)(C)C)c1. The lowest BCUT2D eigenvalue weighted by molar-refractivity contribution is 0.351. The quantitative estimate of drug-likeness (QED) is 0.884. The van der Waals surface area contributed by atoms with Crippen molar-refractivity contribution in [2.75, 3.05) is 11.9 Å². The highest BCUT2D eigenvalue weighted by molar-refractivity contribution is 9.10. The zero-order chi connectivity index (χ0) is 13.1. The van der Waals surface area contributed by atoms with Gasteiger partial charge in [-0.2, -0.15) is 0 Å². The number of aryl methyl sites for hydroxylation is 1. The molecule has 2 nitrogen and oxygen atoms in total. The van der Waals surface area contributed by atoms with E-state index in [0.29, 0.717) is 12.6 Å². The van der Waals surface area contributed by atoms with Crippen molar-refractivity contribution >= 4 is 21.6 Å². The Morgan fingerprint density at radius 1 is 1.29 bits per heavy atom. The predicted molar refractivity (Wildman–Crippen MR) is 79.4 cm³/mol. The minimum Gasteiger partial charge on any atom is -0.381 e. The molecular weight excluding hydrogens is 276 g/mol. The van der Waals surface area contributed by atoms with Crippen LogP contribution in [0.1, 0.15) is 32.8 Å². The van der Waals surface area contributed by atoms with Crippen molar-refractivity contribution in [3.05, 3.63) is 28.2 Å². The van der Waals surface area contributed by atoms with Crippen LogP contribution in [-0.4, -0.2) is 12.6 Å². The second kappa shape index (κ2) is 5.87. The molecule has 0 aliphatic heterocycles. The van der Waals surface area contributed by atoms with Crippen LogP contribution in [0.5, 0.6) is 0 Å².